The fourth-order valence-electron chi connectivity index (χ4n) is 5.07. The highest BCUT2D eigenvalue weighted by atomic mass is 35.5. The summed E-state index contributed by atoms with van der Waals surface area (Å²) >= 11 is 12.4. The molecule has 0 radical (unpaired) electrons. The highest BCUT2D eigenvalue weighted by molar-refractivity contribution is 6.36. The van der Waals surface area contributed by atoms with Crippen LogP contribution in [0, 0.1) is 12.7 Å². The molecule has 1 aromatic heterocycles. The Labute approximate surface area is 214 Å². The summed E-state index contributed by atoms with van der Waals surface area (Å²) in [4.78, 5) is 4.36. The van der Waals surface area contributed by atoms with Crippen molar-refractivity contribution in [2.24, 2.45) is 0 Å². The van der Waals surface area contributed by atoms with Crippen molar-refractivity contribution in [2.45, 2.75) is 51.2 Å². The molecule has 5 rings (SSSR count). The number of aryl methyl sites for hydroxylation is 2. The zero-order valence-corrected chi connectivity index (χ0v) is 21.3. The molecule has 35 heavy (non-hydrogen) atoms. The SMILES string of the molecule is Cc1cc2c(cc1-c1cnc(N)c(O[C@H](C)c3c(Cl)ccc(F)c3Cl)c1)CCC1(CCNCC1)O2. The minimum absolute atomic E-state index is 0.0500. The van der Waals surface area contributed by atoms with Gasteiger partial charge in [-0.25, -0.2) is 9.37 Å². The van der Waals surface area contributed by atoms with Gasteiger partial charge in [0.25, 0.3) is 0 Å². The quantitative estimate of drug-likeness (QED) is 0.379. The third-order valence-electron chi connectivity index (χ3n) is 7.08. The standard InChI is InChI=1S/C27H28Cl2FN3O2/c1-15-11-22-17(5-6-27(35-22)7-9-32-10-8-27)12-19(15)18-13-23(26(31)33-14-18)34-16(2)24-20(28)3-4-21(30)25(24)29/h3-4,11-14,16,32H,5-10H2,1-2H3,(H2,31,33)/t16-/m1/s1. The van der Waals surface area contributed by atoms with E-state index in [-0.39, 0.29) is 16.4 Å². The number of nitrogens with one attached hydrogen (secondary N) is 1. The lowest BCUT2D eigenvalue weighted by molar-refractivity contribution is 0.0170. The minimum atomic E-state index is -0.635. The molecule has 3 N–H and O–H groups in total. The van der Waals surface area contributed by atoms with Crippen molar-refractivity contribution in [3.8, 4) is 22.6 Å². The second-order valence-electron chi connectivity index (χ2n) is 9.43. The predicted molar refractivity (Wildman–Crippen MR) is 138 cm³/mol. The van der Waals surface area contributed by atoms with E-state index in [1.54, 1.807) is 13.1 Å². The van der Waals surface area contributed by atoms with E-state index in [1.807, 2.05) is 6.07 Å². The Bertz CT molecular complexity index is 1280. The van der Waals surface area contributed by atoms with Gasteiger partial charge < -0.3 is 20.5 Å². The normalized spacial score (nSPS) is 17.5. The first-order valence-electron chi connectivity index (χ1n) is 11.9. The molecular weight excluding hydrogens is 488 g/mol. The Morgan fingerprint density at radius 1 is 1.17 bits per heavy atom. The first-order chi connectivity index (χ1) is 16.8. The largest absolute Gasteiger partial charge is 0.487 e. The number of piperidine rings is 1. The smallest absolute Gasteiger partial charge is 0.166 e. The van der Waals surface area contributed by atoms with Crippen molar-refractivity contribution in [1.82, 2.24) is 10.3 Å². The number of ether oxygens (including phenoxy) is 2. The molecule has 1 spiro atoms. The van der Waals surface area contributed by atoms with Crippen LogP contribution in [0.1, 0.15) is 49.0 Å². The number of nitrogens with two attached hydrogens (primary N) is 1. The van der Waals surface area contributed by atoms with Crippen LogP contribution >= 0.6 is 23.2 Å². The summed E-state index contributed by atoms with van der Waals surface area (Å²) < 4.78 is 26.7. The molecule has 1 saturated heterocycles. The van der Waals surface area contributed by atoms with E-state index in [4.69, 9.17) is 38.4 Å². The maximum Gasteiger partial charge on any atom is 0.166 e. The highest BCUT2D eigenvalue weighted by Gasteiger charge is 2.37. The number of halogens is 3. The number of pyridine rings is 1. The number of aromatic nitrogens is 1. The molecule has 2 aromatic carbocycles. The summed E-state index contributed by atoms with van der Waals surface area (Å²) in [6, 6.07) is 8.85. The Kier molecular flexibility index (Phi) is 6.55. The minimum Gasteiger partial charge on any atom is -0.487 e. The van der Waals surface area contributed by atoms with Gasteiger partial charge in [0.1, 0.15) is 23.3 Å². The van der Waals surface area contributed by atoms with Gasteiger partial charge in [-0.1, -0.05) is 23.2 Å². The summed E-state index contributed by atoms with van der Waals surface area (Å²) in [5.74, 6) is 1.03. The van der Waals surface area contributed by atoms with Crippen LogP contribution in [0.5, 0.6) is 11.5 Å². The Hall–Kier alpha value is -2.54. The average Bonchev–Trinajstić information content (AvgIpc) is 2.83. The molecule has 5 nitrogen and oxygen atoms in total. The Balaban J connectivity index is 1.44. The molecule has 0 saturated carbocycles. The summed E-state index contributed by atoms with van der Waals surface area (Å²) in [7, 11) is 0. The van der Waals surface area contributed by atoms with Gasteiger partial charge in [-0.2, -0.15) is 0 Å². The third-order valence-corrected chi connectivity index (χ3v) is 7.79. The molecular formula is C27H28Cl2FN3O2. The van der Waals surface area contributed by atoms with Crippen LogP contribution in [-0.4, -0.2) is 23.7 Å². The van der Waals surface area contributed by atoms with Crippen LogP contribution in [0.3, 0.4) is 0 Å². The highest BCUT2D eigenvalue weighted by Crippen LogP contribution is 2.42. The number of rotatable bonds is 4. The lowest BCUT2D eigenvalue weighted by atomic mass is 9.83. The second kappa shape index (κ2) is 9.49. The molecule has 0 bridgehead atoms. The molecule has 0 aliphatic carbocycles. The van der Waals surface area contributed by atoms with Gasteiger partial charge in [-0.15, -0.1) is 0 Å². The first-order valence-corrected chi connectivity index (χ1v) is 12.6. The van der Waals surface area contributed by atoms with Crippen LogP contribution < -0.4 is 20.5 Å². The number of benzene rings is 2. The number of nitrogen functional groups attached to an aromatic ring is 1. The van der Waals surface area contributed by atoms with Crippen molar-refractivity contribution < 1.29 is 13.9 Å². The van der Waals surface area contributed by atoms with E-state index >= 15 is 0 Å². The van der Waals surface area contributed by atoms with Gasteiger partial charge in [0, 0.05) is 22.3 Å². The van der Waals surface area contributed by atoms with Gasteiger partial charge in [-0.3, -0.25) is 0 Å². The summed E-state index contributed by atoms with van der Waals surface area (Å²) in [5.41, 5.74) is 10.6. The number of hydrogen-bond donors (Lipinski definition) is 2. The fraction of sp³-hybridized carbons (Fsp3) is 0.370. The Morgan fingerprint density at radius 2 is 1.94 bits per heavy atom. The number of hydrogen-bond acceptors (Lipinski definition) is 5. The van der Waals surface area contributed by atoms with Crippen molar-refractivity contribution in [2.75, 3.05) is 18.8 Å². The molecule has 2 aliphatic rings. The van der Waals surface area contributed by atoms with Crippen LogP contribution in [0.4, 0.5) is 10.2 Å². The van der Waals surface area contributed by atoms with E-state index in [9.17, 15) is 4.39 Å². The molecule has 0 unspecified atom stereocenters. The Morgan fingerprint density at radius 3 is 2.71 bits per heavy atom. The monoisotopic (exact) mass is 515 g/mol. The lowest BCUT2D eigenvalue weighted by Gasteiger charge is -2.42. The first kappa shape index (κ1) is 24.2. The average molecular weight is 516 g/mol. The number of nitrogens with zero attached hydrogens (tertiary/aromatic N) is 1. The van der Waals surface area contributed by atoms with Gasteiger partial charge in [0.15, 0.2) is 11.6 Å². The molecule has 2 aliphatic heterocycles. The van der Waals surface area contributed by atoms with Crippen molar-refractivity contribution >= 4 is 29.0 Å². The van der Waals surface area contributed by atoms with Gasteiger partial charge >= 0.3 is 0 Å². The predicted octanol–water partition coefficient (Wildman–Crippen LogP) is 6.67. The van der Waals surface area contributed by atoms with Crippen molar-refractivity contribution in [3.63, 3.8) is 0 Å². The fourth-order valence-corrected chi connectivity index (χ4v) is 5.75. The lowest BCUT2D eigenvalue weighted by Crippen LogP contribution is -2.48. The van der Waals surface area contributed by atoms with E-state index in [0.717, 1.165) is 61.2 Å². The molecule has 1 fully saturated rings. The van der Waals surface area contributed by atoms with Crippen molar-refractivity contribution in [1.29, 1.82) is 0 Å². The zero-order chi connectivity index (χ0) is 24.7. The van der Waals surface area contributed by atoms with E-state index in [0.29, 0.717) is 16.3 Å². The second-order valence-corrected chi connectivity index (χ2v) is 10.2. The van der Waals surface area contributed by atoms with Gasteiger partial charge in [0.2, 0.25) is 0 Å². The van der Waals surface area contributed by atoms with Crippen LogP contribution in [-0.2, 0) is 6.42 Å². The zero-order valence-electron chi connectivity index (χ0n) is 19.8. The maximum atomic E-state index is 14.0. The maximum absolute atomic E-state index is 14.0. The summed E-state index contributed by atoms with van der Waals surface area (Å²) in [5, 5.41) is 3.68. The molecule has 184 valence electrons. The molecule has 8 heteroatoms. The van der Waals surface area contributed by atoms with Crippen LogP contribution in [0.25, 0.3) is 11.1 Å². The van der Waals surface area contributed by atoms with E-state index in [1.165, 1.54) is 17.7 Å². The summed E-state index contributed by atoms with van der Waals surface area (Å²) in [6.07, 6.45) is 5.17. The molecule has 3 heterocycles. The van der Waals surface area contributed by atoms with Crippen LogP contribution in [0.15, 0.2) is 36.5 Å². The summed E-state index contributed by atoms with van der Waals surface area (Å²) in [6.45, 7) is 5.80. The third kappa shape index (κ3) is 4.67. The molecule has 0 amide bonds. The number of anilines is 1. The van der Waals surface area contributed by atoms with Crippen molar-refractivity contribution in [3.05, 3.63) is 69.1 Å². The number of fused-ring (bicyclic) bond motifs is 1. The van der Waals surface area contributed by atoms with E-state index < -0.39 is 11.9 Å². The van der Waals surface area contributed by atoms with Gasteiger partial charge in [0.05, 0.1) is 5.02 Å². The molecule has 1 atom stereocenters. The molecule has 3 aromatic rings. The topological polar surface area (TPSA) is 69.4 Å². The van der Waals surface area contributed by atoms with Gasteiger partial charge in [-0.05, 0) is 99.6 Å². The van der Waals surface area contributed by atoms with Crippen LogP contribution in [0.2, 0.25) is 10.0 Å². The van der Waals surface area contributed by atoms with E-state index in [2.05, 4.69) is 29.4 Å².